The van der Waals surface area contributed by atoms with Gasteiger partial charge >= 0.3 is 11.9 Å². The number of carboxylic acids is 2. The molecule has 0 saturated heterocycles. The van der Waals surface area contributed by atoms with Crippen LogP contribution < -0.4 is 0 Å². The molecule has 16 heavy (non-hydrogen) atoms. The number of carboxylic acid groups (broad SMARTS) is 2. The van der Waals surface area contributed by atoms with Gasteiger partial charge in [-0.25, -0.2) is 0 Å². The molecule has 0 radical (unpaired) electrons. The summed E-state index contributed by atoms with van der Waals surface area (Å²) in [6.07, 6.45) is 5.64. The van der Waals surface area contributed by atoms with Crippen LogP contribution in [0.2, 0.25) is 0 Å². The molecule has 4 nitrogen and oxygen atoms in total. The van der Waals surface area contributed by atoms with Gasteiger partial charge in [-0.15, -0.1) is 0 Å². The third-order valence-corrected chi connectivity index (χ3v) is 4.30. The van der Waals surface area contributed by atoms with Gasteiger partial charge in [0.05, 0.1) is 11.8 Å². The maximum absolute atomic E-state index is 11.1. The molecule has 0 bridgehead atoms. The third kappa shape index (κ3) is 2.06. The van der Waals surface area contributed by atoms with Crippen molar-refractivity contribution in [2.45, 2.75) is 38.5 Å². The maximum atomic E-state index is 11.1. The van der Waals surface area contributed by atoms with Crippen molar-refractivity contribution in [1.82, 2.24) is 0 Å². The van der Waals surface area contributed by atoms with Gasteiger partial charge in [-0.2, -0.15) is 0 Å². The van der Waals surface area contributed by atoms with Crippen LogP contribution in [0.3, 0.4) is 0 Å². The van der Waals surface area contributed by atoms with Crippen LogP contribution in [0.15, 0.2) is 0 Å². The van der Waals surface area contributed by atoms with Crippen molar-refractivity contribution in [2.75, 3.05) is 0 Å². The SMILES string of the molecule is O=C(O)C1CC2CCCCC2CC1C(=O)O. The number of hydrogen-bond donors (Lipinski definition) is 2. The summed E-state index contributed by atoms with van der Waals surface area (Å²) in [6, 6.07) is 0. The van der Waals surface area contributed by atoms with Gasteiger partial charge in [0.25, 0.3) is 0 Å². The fourth-order valence-corrected chi connectivity index (χ4v) is 3.43. The molecule has 4 heteroatoms. The number of carbonyl (C=O) groups is 2. The van der Waals surface area contributed by atoms with Crippen LogP contribution in [-0.2, 0) is 9.59 Å². The highest BCUT2D eigenvalue weighted by atomic mass is 16.4. The zero-order valence-corrected chi connectivity index (χ0v) is 9.26. The Balaban J connectivity index is 2.13. The van der Waals surface area contributed by atoms with Gasteiger partial charge in [-0.3, -0.25) is 9.59 Å². The largest absolute Gasteiger partial charge is 0.481 e. The van der Waals surface area contributed by atoms with E-state index in [-0.39, 0.29) is 0 Å². The summed E-state index contributed by atoms with van der Waals surface area (Å²) < 4.78 is 0. The highest BCUT2D eigenvalue weighted by molar-refractivity contribution is 5.80. The molecule has 0 spiro atoms. The van der Waals surface area contributed by atoms with Gasteiger partial charge in [-0.1, -0.05) is 25.7 Å². The monoisotopic (exact) mass is 226 g/mol. The summed E-state index contributed by atoms with van der Waals surface area (Å²) in [5.74, 6) is -2.31. The molecule has 0 aromatic carbocycles. The lowest BCUT2D eigenvalue weighted by atomic mass is 9.63. The number of fused-ring (bicyclic) bond motifs is 1. The zero-order valence-electron chi connectivity index (χ0n) is 9.26. The summed E-state index contributed by atoms with van der Waals surface area (Å²) in [6.45, 7) is 0. The average Bonchev–Trinajstić information content (AvgIpc) is 2.27. The number of rotatable bonds is 2. The smallest absolute Gasteiger partial charge is 0.307 e. The van der Waals surface area contributed by atoms with E-state index in [0.717, 1.165) is 12.8 Å². The number of aliphatic carboxylic acids is 2. The minimum atomic E-state index is -0.934. The molecule has 90 valence electrons. The summed E-state index contributed by atoms with van der Waals surface area (Å²) >= 11 is 0. The van der Waals surface area contributed by atoms with Crippen LogP contribution in [0.1, 0.15) is 38.5 Å². The van der Waals surface area contributed by atoms with Crippen LogP contribution in [0, 0.1) is 23.7 Å². The molecule has 2 fully saturated rings. The molecule has 2 saturated carbocycles. The molecular weight excluding hydrogens is 208 g/mol. The van der Waals surface area contributed by atoms with Gasteiger partial charge in [0.1, 0.15) is 0 Å². The van der Waals surface area contributed by atoms with Crippen LogP contribution in [-0.4, -0.2) is 22.2 Å². The molecule has 0 aromatic rings. The van der Waals surface area contributed by atoms with Crippen LogP contribution >= 0.6 is 0 Å². The Kier molecular flexibility index (Phi) is 3.17. The van der Waals surface area contributed by atoms with Crippen LogP contribution in [0.25, 0.3) is 0 Å². The second-order valence-corrected chi connectivity index (χ2v) is 5.17. The fraction of sp³-hybridized carbons (Fsp3) is 0.833. The van der Waals surface area contributed by atoms with Crippen molar-refractivity contribution in [3.05, 3.63) is 0 Å². The first-order chi connectivity index (χ1) is 7.59. The standard InChI is InChI=1S/C12H18O4/c13-11(14)9-5-7-3-1-2-4-8(7)6-10(9)12(15)16/h7-10H,1-6H2,(H,13,14)(H,15,16). The minimum Gasteiger partial charge on any atom is -0.481 e. The number of hydrogen-bond acceptors (Lipinski definition) is 2. The Morgan fingerprint density at radius 1 is 0.812 bits per heavy atom. The minimum absolute atomic E-state index is 0.449. The quantitative estimate of drug-likeness (QED) is 0.755. The van der Waals surface area contributed by atoms with E-state index in [1.165, 1.54) is 12.8 Å². The van der Waals surface area contributed by atoms with Gasteiger partial charge in [-0.05, 0) is 24.7 Å². The first-order valence-corrected chi connectivity index (χ1v) is 6.05. The fourth-order valence-electron chi connectivity index (χ4n) is 3.43. The molecule has 2 N–H and O–H groups in total. The van der Waals surface area contributed by atoms with Gasteiger partial charge in [0, 0.05) is 0 Å². The topological polar surface area (TPSA) is 74.6 Å². The summed E-state index contributed by atoms with van der Waals surface area (Å²) in [7, 11) is 0. The predicted molar refractivity (Wildman–Crippen MR) is 56.9 cm³/mol. The second-order valence-electron chi connectivity index (χ2n) is 5.17. The summed E-state index contributed by atoms with van der Waals surface area (Å²) in [4.78, 5) is 22.2. The van der Waals surface area contributed by atoms with Gasteiger partial charge in [0.15, 0.2) is 0 Å². The summed E-state index contributed by atoms with van der Waals surface area (Å²) in [5, 5.41) is 18.2. The first-order valence-electron chi connectivity index (χ1n) is 6.05. The Bertz CT molecular complexity index is 269. The molecule has 0 aliphatic heterocycles. The van der Waals surface area contributed by atoms with Crippen LogP contribution in [0.5, 0.6) is 0 Å². The Morgan fingerprint density at radius 3 is 1.50 bits per heavy atom. The molecule has 2 aliphatic rings. The van der Waals surface area contributed by atoms with Crippen molar-refractivity contribution in [2.24, 2.45) is 23.7 Å². The van der Waals surface area contributed by atoms with Crippen molar-refractivity contribution in [1.29, 1.82) is 0 Å². The Labute approximate surface area is 94.7 Å². The molecule has 4 unspecified atom stereocenters. The molecule has 2 rings (SSSR count). The van der Waals surface area contributed by atoms with Crippen molar-refractivity contribution >= 4 is 11.9 Å². The Morgan fingerprint density at radius 2 is 1.19 bits per heavy atom. The van der Waals surface area contributed by atoms with Crippen LogP contribution in [0.4, 0.5) is 0 Å². The van der Waals surface area contributed by atoms with Crippen molar-refractivity contribution in [3.63, 3.8) is 0 Å². The second kappa shape index (κ2) is 4.44. The molecule has 0 amide bonds. The van der Waals surface area contributed by atoms with Gasteiger partial charge in [0.2, 0.25) is 0 Å². The molecule has 0 aromatic heterocycles. The van der Waals surface area contributed by atoms with E-state index >= 15 is 0 Å². The highest BCUT2D eigenvalue weighted by Gasteiger charge is 2.44. The van der Waals surface area contributed by atoms with E-state index in [2.05, 4.69) is 0 Å². The maximum Gasteiger partial charge on any atom is 0.307 e. The third-order valence-electron chi connectivity index (χ3n) is 4.30. The first kappa shape index (κ1) is 11.4. The molecular formula is C12H18O4. The predicted octanol–water partition coefficient (Wildman–Crippen LogP) is 1.99. The normalized spacial score (nSPS) is 38.8. The van der Waals surface area contributed by atoms with E-state index in [9.17, 15) is 9.59 Å². The van der Waals surface area contributed by atoms with Crippen molar-refractivity contribution < 1.29 is 19.8 Å². The lowest BCUT2D eigenvalue weighted by Gasteiger charge is -2.40. The summed E-state index contributed by atoms with van der Waals surface area (Å²) in [5.41, 5.74) is 0. The van der Waals surface area contributed by atoms with E-state index in [1.54, 1.807) is 0 Å². The van der Waals surface area contributed by atoms with E-state index in [4.69, 9.17) is 10.2 Å². The van der Waals surface area contributed by atoms with Gasteiger partial charge < -0.3 is 10.2 Å². The molecule has 2 aliphatic carbocycles. The van der Waals surface area contributed by atoms with Crippen molar-refractivity contribution in [3.8, 4) is 0 Å². The van der Waals surface area contributed by atoms with E-state index < -0.39 is 23.8 Å². The van der Waals surface area contributed by atoms with E-state index in [1.807, 2.05) is 0 Å². The average molecular weight is 226 g/mol. The highest BCUT2D eigenvalue weighted by Crippen LogP contribution is 2.45. The molecule has 4 atom stereocenters. The zero-order chi connectivity index (χ0) is 11.7. The van der Waals surface area contributed by atoms with E-state index in [0.29, 0.717) is 24.7 Å². The Hall–Kier alpha value is -1.06. The lowest BCUT2D eigenvalue weighted by molar-refractivity contribution is -0.158. The lowest BCUT2D eigenvalue weighted by Crippen LogP contribution is -2.40. The molecule has 0 heterocycles.